The Bertz CT molecular complexity index is 2280. The van der Waals surface area contributed by atoms with E-state index in [1.165, 1.54) is 0 Å². The molecule has 0 saturated heterocycles. The Morgan fingerprint density at radius 1 is 0.912 bits per heavy atom. The van der Waals surface area contributed by atoms with E-state index in [1.807, 2.05) is 30.6 Å². The summed E-state index contributed by atoms with van der Waals surface area (Å²) < 4.78 is 20.8. The van der Waals surface area contributed by atoms with Crippen LogP contribution in [0, 0.1) is 5.92 Å². The number of hydrogen-bond acceptors (Lipinski definition) is 9. The molecule has 0 fully saturated rings. The molecule has 7 rings (SSSR count). The van der Waals surface area contributed by atoms with Crippen molar-refractivity contribution in [3.05, 3.63) is 119 Å². The van der Waals surface area contributed by atoms with Crippen LogP contribution < -0.4 is 22.1 Å². The van der Waals surface area contributed by atoms with Gasteiger partial charge in [0.15, 0.2) is 0 Å². The number of hydrogen-bond donors (Lipinski definition) is 6. The van der Waals surface area contributed by atoms with E-state index in [0.717, 1.165) is 63.0 Å². The van der Waals surface area contributed by atoms with Gasteiger partial charge in [0.25, 0.3) is 5.91 Å². The first-order valence-corrected chi connectivity index (χ1v) is 19.6. The highest BCUT2D eigenvalue weighted by atomic mass is 16.5. The molecule has 1 aliphatic rings. The van der Waals surface area contributed by atoms with Crippen LogP contribution in [-0.4, -0.2) is 82.2 Å². The maximum atomic E-state index is 12.9. The molecule has 300 valence electrons. The number of carbonyl (C=O) groups excluding carboxylic acids is 2. The number of rotatable bonds is 23. The van der Waals surface area contributed by atoms with Crippen LogP contribution in [0.3, 0.4) is 0 Å². The minimum absolute atomic E-state index is 0.130. The number of aromatic amines is 1. The summed E-state index contributed by atoms with van der Waals surface area (Å²) in [5, 5.41) is 19.2. The van der Waals surface area contributed by atoms with Crippen LogP contribution in [0.4, 0.5) is 0 Å². The molecule has 2 amide bonds. The Morgan fingerprint density at radius 2 is 1.72 bits per heavy atom. The zero-order chi connectivity index (χ0) is 39.6. The Morgan fingerprint density at radius 3 is 2.54 bits per heavy atom. The molecule has 57 heavy (non-hydrogen) atoms. The fourth-order valence-corrected chi connectivity index (χ4v) is 7.64. The number of fused-ring (bicyclic) bond motifs is 3. The molecule has 4 heterocycles. The van der Waals surface area contributed by atoms with Crippen molar-refractivity contribution < 1.29 is 28.9 Å². The molecule has 14 heteroatoms. The van der Waals surface area contributed by atoms with Crippen molar-refractivity contribution in [3.63, 3.8) is 0 Å². The van der Waals surface area contributed by atoms with Crippen molar-refractivity contribution in [1.82, 2.24) is 29.7 Å². The number of para-hydroxylation sites is 1. The van der Waals surface area contributed by atoms with Crippen LogP contribution in [0.5, 0.6) is 5.75 Å². The molecule has 14 nitrogen and oxygen atoms in total. The maximum absolute atomic E-state index is 12.9. The van der Waals surface area contributed by atoms with Crippen LogP contribution in [-0.2, 0) is 45.2 Å². The number of aromatic hydroxyl groups is 1. The highest BCUT2D eigenvalue weighted by molar-refractivity contribution is 6.01. The second-order valence-corrected chi connectivity index (χ2v) is 14.4. The van der Waals surface area contributed by atoms with Crippen LogP contribution >= 0.6 is 0 Å². The van der Waals surface area contributed by atoms with Crippen molar-refractivity contribution in [3.8, 4) is 5.75 Å². The fraction of sp³-hybridized carbons (Fsp3) is 0.372. The third kappa shape index (κ3) is 9.72. The van der Waals surface area contributed by atoms with Gasteiger partial charge in [0, 0.05) is 90.5 Å². The number of imidazole rings is 1. The van der Waals surface area contributed by atoms with E-state index >= 15 is 0 Å². The maximum Gasteiger partial charge on any atom is 0.252 e. The predicted octanol–water partition coefficient (Wildman–Crippen LogP) is 4.48. The summed E-state index contributed by atoms with van der Waals surface area (Å²) in [6.45, 7) is 5.87. The van der Waals surface area contributed by atoms with Gasteiger partial charge >= 0.3 is 0 Å². The van der Waals surface area contributed by atoms with Crippen molar-refractivity contribution >= 4 is 33.6 Å². The lowest BCUT2D eigenvalue weighted by Crippen LogP contribution is -2.25. The molecule has 0 saturated carbocycles. The van der Waals surface area contributed by atoms with E-state index in [-0.39, 0.29) is 29.5 Å². The molecule has 3 aromatic heterocycles. The van der Waals surface area contributed by atoms with Crippen molar-refractivity contribution in [2.45, 2.75) is 51.5 Å². The summed E-state index contributed by atoms with van der Waals surface area (Å²) in [7, 11) is 0. The van der Waals surface area contributed by atoms with E-state index in [0.29, 0.717) is 84.2 Å². The average Bonchev–Trinajstić information content (AvgIpc) is 3.99. The Kier molecular flexibility index (Phi) is 13.3. The molecule has 0 spiro atoms. The number of nitrogens with zero attached hydrogens (tertiary/aromatic N) is 3. The second-order valence-electron chi connectivity index (χ2n) is 14.4. The van der Waals surface area contributed by atoms with Crippen LogP contribution in [0.25, 0.3) is 21.8 Å². The quantitative estimate of drug-likeness (QED) is 0.0509. The molecular formula is C43H52N8O6. The number of aromatic nitrogens is 4. The van der Waals surface area contributed by atoms with Crippen LogP contribution in [0.1, 0.15) is 63.9 Å². The average molecular weight is 777 g/mol. The smallest absolute Gasteiger partial charge is 0.252 e. The number of nitrogens with two attached hydrogens (primary N) is 2. The number of phenols is 1. The first-order valence-electron chi connectivity index (χ1n) is 19.6. The van der Waals surface area contributed by atoms with Gasteiger partial charge in [-0.1, -0.05) is 30.3 Å². The number of phenolic OH excluding ortho intramolecular Hbond substituents is 1. The van der Waals surface area contributed by atoms with E-state index in [1.54, 1.807) is 18.2 Å². The molecular weight excluding hydrogens is 725 g/mol. The number of primary amides is 1. The first kappa shape index (κ1) is 39.7. The lowest BCUT2D eigenvalue weighted by atomic mass is 9.95. The number of nitrogens with one attached hydrogen (secondary N) is 3. The molecule has 8 N–H and O–H groups in total. The molecule has 0 radical (unpaired) electrons. The van der Waals surface area contributed by atoms with Crippen molar-refractivity contribution in [2.24, 2.45) is 17.4 Å². The second kappa shape index (κ2) is 19.1. The highest BCUT2D eigenvalue weighted by Crippen LogP contribution is 2.38. The summed E-state index contributed by atoms with van der Waals surface area (Å²) in [6, 6.07) is 21.2. The Balaban J connectivity index is 0.929. The van der Waals surface area contributed by atoms with Crippen molar-refractivity contribution in [2.75, 3.05) is 46.2 Å². The van der Waals surface area contributed by atoms with E-state index in [9.17, 15) is 14.7 Å². The predicted molar refractivity (Wildman–Crippen MR) is 218 cm³/mol. The third-order valence-corrected chi connectivity index (χ3v) is 10.5. The molecule has 2 unspecified atom stereocenters. The van der Waals surface area contributed by atoms with Gasteiger partial charge in [-0.25, -0.2) is 4.98 Å². The normalized spacial score (nSPS) is 14.4. The molecule has 6 aromatic rings. The standard InChI is InChI=1S/C43H52N8O6/c44-13-19-56-21-23-57-22-20-55-18-12-31(42(45)53)4-3-15-50-17-14-47-39(50)28-51-16-11-30-8-7-29(24-38(30)51)26-46-27-37-40(34-5-1-2-6-36(34)48-37)41-35-25-32(52)9-10-33(35)43(54)49-41/h1-2,5-11,14,16-17,24-25,31,41,46,48,52H,3-4,12-13,15,18-23,26-28,44H2,(H2,45,53)(H,49,54). The summed E-state index contributed by atoms with van der Waals surface area (Å²) in [6.07, 6.45) is 7.91. The molecule has 1 aliphatic heterocycles. The van der Waals surface area contributed by atoms with E-state index in [4.69, 9.17) is 25.7 Å². The van der Waals surface area contributed by atoms with Gasteiger partial charge in [-0.3, -0.25) is 9.59 Å². The molecule has 0 bridgehead atoms. The molecule has 3 aromatic carbocycles. The zero-order valence-corrected chi connectivity index (χ0v) is 32.1. The third-order valence-electron chi connectivity index (χ3n) is 10.5. The number of benzene rings is 3. The van der Waals surface area contributed by atoms with Gasteiger partial charge in [-0.2, -0.15) is 0 Å². The summed E-state index contributed by atoms with van der Waals surface area (Å²) in [5.41, 5.74) is 17.7. The Hall–Kier alpha value is -5.51. The number of ether oxygens (including phenoxy) is 3. The van der Waals surface area contributed by atoms with Gasteiger partial charge in [0.2, 0.25) is 5.91 Å². The summed E-state index contributed by atoms with van der Waals surface area (Å²) in [4.78, 5) is 33.3. The molecule has 2 atom stereocenters. The highest BCUT2D eigenvalue weighted by Gasteiger charge is 2.33. The van der Waals surface area contributed by atoms with Crippen molar-refractivity contribution in [1.29, 1.82) is 0 Å². The Labute approximate surface area is 331 Å². The lowest BCUT2D eigenvalue weighted by Gasteiger charge is -2.15. The number of carbonyl (C=O) groups is 2. The minimum atomic E-state index is -0.376. The summed E-state index contributed by atoms with van der Waals surface area (Å²) >= 11 is 0. The van der Waals surface area contributed by atoms with Gasteiger partial charge in [0.1, 0.15) is 11.6 Å². The lowest BCUT2D eigenvalue weighted by molar-refractivity contribution is -0.122. The van der Waals surface area contributed by atoms with Gasteiger partial charge in [-0.05, 0) is 72.2 Å². The number of amides is 2. The monoisotopic (exact) mass is 776 g/mol. The molecule has 0 aliphatic carbocycles. The van der Waals surface area contributed by atoms with Gasteiger partial charge in [0.05, 0.1) is 45.6 Å². The van der Waals surface area contributed by atoms with Crippen LogP contribution in [0.15, 0.2) is 85.3 Å². The van der Waals surface area contributed by atoms with Gasteiger partial charge in [-0.15, -0.1) is 0 Å². The largest absolute Gasteiger partial charge is 0.508 e. The SMILES string of the molecule is NCCOCCOCCOCCC(CCCn1ccnc1Cn1ccc2ccc(CNCc3[nH]c4ccccc4c3C3NC(=O)c4ccc(O)cc43)cc21)C(N)=O. The van der Waals surface area contributed by atoms with Gasteiger partial charge < -0.3 is 55.5 Å². The fourth-order valence-electron chi connectivity index (χ4n) is 7.64. The first-order chi connectivity index (χ1) is 27.9. The summed E-state index contributed by atoms with van der Waals surface area (Å²) in [5.74, 6) is 0.346. The topological polar surface area (TPSA) is 197 Å². The van der Waals surface area contributed by atoms with E-state index in [2.05, 4.69) is 66.3 Å². The van der Waals surface area contributed by atoms with E-state index < -0.39 is 0 Å². The zero-order valence-electron chi connectivity index (χ0n) is 32.1. The van der Waals surface area contributed by atoms with Crippen LogP contribution in [0.2, 0.25) is 0 Å². The number of H-pyrrole nitrogens is 1. The minimum Gasteiger partial charge on any atom is -0.508 e. The number of aryl methyl sites for hydroxylation is 1.